The number of benzene rings is 2. The van der Waals surface area contributed by atoms with Crippen molar-refractivity contribution in [2.75, 3.05) is 19.5 Å². The number of rotatable bonds is 5. The Morgan fingerprint density at radius 2 is 2.00 bits per heavy atom. The van der Waals surface area contributed by atoms with E-state index in [0.29, 0.717) is 5.69 Å². The Bertz CT molecular complexity index is 1080. The number of hydrogen-bond donors (Lipinski definition) is 1. The second-order valence-corrected chi connectivity index (χ2v) is 8.67. The average molecular weight is 391 g/mol. The first-order valence-corrected chi connectivity index (χ1v) is 9.88. The fourth-order valence-corrected chi connectivity index (χ4v) is 4.25. The number of thiazole rings is 1. The fraction of sp³-hybridized carbons (Fsp3) is 0.176. The van der Waals surface area contributed by atoms with Gasteiger partial charge in [0.05, 0.1) is 27.2 Å². The molecule has 3 aromatic rings. The van der Waals surface area contributed by atoms with Crippen LogP contribution in [0.25, 0.3) is 10.2 Å². The first-order chi connectivity index (χ1) is 12.3. The zero-order chi connectivity index (χ0) is 18.9. The summed E-state index contributed by atoms with van der Waals surface area (Å²) in [7, 11) is -1.28. The Morgan fingerprint density at radius 1 is 1.23 bits per heavy atom. The van der Waals surface area contributed by atoms with Crippen LogP contribution >= 0.6 is 11.3 Å². The lowest BCUT2D eigenvalue weighted by Crippen LogP contribution is -2.26. The Balaban J connectivity index is 1.86. The second-order valence-electron chi connectivity index (χ2n) is 5.49. The lowest BCUT2D eigenvalue weighted by molar-refractivity contribution is -0.0258. The van der Waals surface area contributed by atoms with Crippen LogP contribution in [-0.4, -0.2) is 37.9 Å². The molecule has 9 heteroatoms. The standard InChI is InChI=1S/C17H17N3O4S2/c1-11-18-15-8-7-13(10-16(15)25-11)19-17(21)12-5-4-6-14(9-12)26(22,23)20(2)24-3/h4-10H,1-3H3,(H,19,21). The Morgan fingerprint density at radius 3 is 2.73 bits per heavy atom. The van der Waals surface area contributed by atoms with E-state index < -0.39 is 15.9 Å². The van der Waals surface area contributed by atoms with Gasteiger partial charge in [-0.3, -0.25) is 9.63 Å². The van der Waals surface area contributed by atoms with Gasteiger partial charge < -0.3 is 5.32 Å². The van der Waals surface area contributed by atoms with E-state index in [1.807, 2.05) is 19.1 Å². The van der Waals surface area contributed by atoms with Crippen molar-refractivity contribution >= 4 is 43.2 Å². The molecule has 0 aliphatic rings. The third-order valence-electron chi connectivity index (χ3n) is 3.74. The highest BCUT2D eigenvalue weighted by Gasteiger charge is 2.22. The van der Waals surface area contributed by atoms with Crippen molar-refractivity contribution in [3.05, 3.63) is 53.0 Å². The molecular weight excluding hydrogens is 374 g/mol. The summed E-state index contributed by atoms with van der Waals surface area (Å²) in [6.07, 6.45) is 0. The van der Waals surface area contributed by atoms with Crippen LogP contribution < -0.4 is 5.32 Å². The molecule has 7 nitrogen and oxygen atoms in total. The van der Waals surface area contributed by atoms with Crippen LogP contribution in [0.2, 0.25) is 0 Å². The number of anilines is 1. The maximum atomic E-state index is 12.5. The van der Waals surface area contributed by atoms with Crippen molar-refractivity contribution in [2.24, 2.45) is 0 Å². The molecule has 1 amide bonds. The van der Waals surface area contributed by atoms with Crippen molar-refractivity contribution in [2.45, 2.75) is 11.8 Å². The van der Waals surface area contributed by atoms with E-state index in [2.05, 4.69) is 10.3 Å². The Hall–Kier alpha value is -2.33. The van der Waals surface area contributed by atoms with Gasteiger partial charge in [-0.15, -0.1) is 11.3 Å². The van der Waals surface area contributed by atoms with Crippen molar-refractivity contribution in [1.82, 2.24) is 9.45 Å². The molecule has 0 bridgehead atoms. The predicted octanol–water partition coefficient (Wildman–Crippen LogP) is 3.04. The topological polar surface area (TPSA) is 88.6 Å². The molecule has 0 radical (unpaired) electrons. The number of sulfonamides is 1. The van der Waals surface area contributed by atoms with Crippen LogP contribution in [0.1, 0.15) is 15.4 Å². The van der Waals surface area contributed by atoms with E-state index in [1.165, 1.54) is 43.7 Å². The number of hydrogen-bond acceptors (Lipinski definition) is 6. The average Bonchev–Trinajstić information content (AvgIpc) is 3.00. The van der Waals surface area contributed by atoms with Gasteiger partial charge in [0.2, 0.25) is 0 Å². The van der Waals surface area contributed by atoms with Gasteiger partial charge in [0.15, 0.2) is 0 Å². The van der Waals surface area contributed by atoms with Crippen LogP contribution in [0.4, 0.5) is 5.69 Å². The van der Waals surface area contributed by atoms with Gasteiger partial charge in [-0.25, -0.2) is 13.4 Å². The number of hydroxylamine groups is 1. The summed E-state index contributed by atoms with van der Waals surface area (Å²) in [4.78, 5) is 21.6. The largest absolute Gasteiger partial charge is 0.322 e. The number of carbonyl (C=O) groups is 1. The van der Waals surface area contributed by atoms with Crippen LogP contribution in [0.3, 0.4) is 0 Å². The molecule has 0 aliphatic heterocycles. The van der Waals surface area contributed by atoms with E-state index >= 15 is 0 Å². The third-order valence-corrected chi connectivity index (χ3v) is 6.35. The molecule has 1 N–H and O–H groups in total. The minimum Gasteiger partial charge on any atom is -0.322 e. The van der Waals surface area contributed by atoms with E-state index in [0.717, 1.165) is 19.7 Å². The molecule has 1 heterocycles. The molecule has 1 aromatic heterocycles. The van der Waals surface area contributed by atoms with Gasteiger partial charge in [-0.2, -0.15) is 0 Å². The molecule has 0 saturated heterocycles. The van der Waals surface area contributed by atoms with Crippen molar-refractivity contribution < 1.29 is 18.0 Å². The summed E-state index contributed by atoms with van der Waals surface area (Å²) in [6, 6.07) is 11.2. The van der Waals surface area contributed by atoms with E-state index in [-0.39, 0.29) is 10.5 Å². The Kier molecular flexibility index (Phi) is 5.05. The summed E-state index contributed by atoms with van der Waals surface area (Å²) < 4.78 is 26.3. The minimum absolute atomic E-state index is 0.0250. The zero-order valence-corrected chi connectivity index (χ0v) is 16.0. The van der Waals surface area contributed by atoms with Gasteiger partial charge >= 0.3 is 0 Å². The molecule has 0 saturated carbocycles. The SMILES string of the molecule is CON(C)S(=O)(=O)c1cccc(C(=O)Nc2ccc3nc(C)sc3c2)c1. The minimum atomic E-state index is -3.82. The van der Waals surface area contributed by atoms with E-state index in [4.69, 9.17) is 4.84 Å². The smallest absolute Gasteiger partial charge is 0.264 e. The summed E-state index contributed by atoms with van der Waals surface area (Å²) in [5.74, 6) is -0.400. The summed E-state index contributed by atoms with van der Waals surface area (Å²) >= 11 is 1.54. The molecular formula is C17H17N3O4S2. The highest BCUT2D eigenvalue weighted by Crippen LogP contribution is 2.25. The van der Waals surface area contributed by atoms with Crippen molar-refractivity contribution in [1.29, 1.82) is 0 Å². The number of aromatic nitrogens is 1. The quantitative estimate of drug-likeness (QED) is 0.676. The Labute approximate surface area is 155 Å². The second kappa shape index (κ2) is 7.12. The number of nitrogens with zero attached hydrogens (tertiary/aromatic N) is 2. The monoisotopic (exact) mass is 391 g/mol. The zero-order valence-electron chi connectivity index (χ0n) is 14.4. The van der Waals surface area contributed by atoms with Gasteiger partial charge in [0.1, 0.15) is 0 Å². The number of fused-ring (bicyclic) bond motifs is 1. The predicted molar refractivity (Wildman–Crippen MR) is 101 cm³/mol. The molecule has 0 aliphatic carbocycles. The number of carbonyl (C=O) groups excluding carboxylic acids is 1. The van der Waals surface area contributed by atoms with Gasteiger partial charge in [0.25, 0.3) is 15.9 Å². The molecule has 136 valence electrons. The molecule has 0 unspecified atom stereocenters. The fourth-order valence-electron chi connectivity index (χ4n) is 2.37. The maximum Gasteiger partial charge on any atom is 0.264 e. The molecule has 0 spiro atoms. The molecule has 2 aromatic carbocycles. The lowest BCUT2D eigenvalue weighted by Gasteiger charge is -2.14. The molecule has 0 fully saturated rings. The van der Waals surface area contributed by atoms with Crippen LogP contribution in [0.5, 0.6) is 0 Å². The van der Waals surface area contributed by atoms with Gasteiger partial charge in [-0.1, -0.05) is 10.5 Å². The summed E-state index contributed by atoms with van der Waals surface area (Å²) in [6.45, 7) is 1.92. The van der Waals surface area contributed by atoms with Crippen LogP contribution in [-0.2, 0) is 14.9 Å². The van der Waals surface area contributed by atoms with Crippen molar-refractivity contribution in [3.63, 3.8) is 0 Å². The molecule has 26 heavy (non-hydrogen) atoms. The van der Waals surface area contributed by atoms with Crippen LogP contribution in [0, 0.1) is 6.92 Å². The molecule has 3 rings (SSSR count). The first kappa shape index (κ1) is 18.5. The van der Waals surface area contributed by atoms with E-state index in [9.17, 15) is 13.2 Å². The normalized spacial score (nSPS) is 11.8. The highest BCUT2D eigenvalue weighted by molar-refractivity contribution is 7.89. The summed E-state index contributed by atoms with van der Waals surface area (Å²) in [5.41, 5.74) is 1.73. The maximum absolute atomic E-state index is 12.5. The number of aryl methyl sites for hydroxylation is 1. The lowest BCUT2D eigenvalue weighted by atomic mass is 10.2. The summed E-state index contributed by atoms with van der Waals surface area (Å²) in [5, 5.41) is 3.73. The first-order valence-electron chi connectivity index (χ1n) is 7.63. The van der Waals surface area contributed by atoms with Crippen LogP contribution in [0.15, 0.2) is 47.4 Å². The van der Waals surface area contributed by atoms with E-state index in [1.54, 1.807) is 12.1 Å². The van der Waals surface area contributed by atoms with Crippen molar-refractivity contribution in [3.8, 4) is 0 Å². The number of nitrogens with one attached hydrogen (secondary N) is 1. The van der Waals surface area contributed by atoms with Gasteiger partial charge in [0, 0.05) is 18.3 Å². The van der Waals surface area contributed by atoms with Gasteiger partial charge in [-0.05, 0) is 43.3 Å². The highest BCUT2D eigenvalue weighted by atomic mass is 32.2. The third kappa shape index (κ3) is 3.61. The number of amides is 1. The molecule has 0 atom stereocenters.